The fourth-order valence-electron chi connectivity index (χ4n) is 10.5. The lowest BCUT2D eigenvalue weighted by Gasteiger charge is -2.35. The van der Waals surface area contributed by atoms with Gasteiger partial charge in [0.15, 0.2) is 0 Å². The number of likely N-dealkylation sites (tertiary alicyclic amines) is 2. The number of rotatable bonds is 10. The van der Waals surface area contributed by atoms with Crippen LogP contribution in [0.3, 0.4) is 0 Å². The molecule has 4 amide bonds. The van der Waals surface area contributed by atoms with E-state index in [4.69, 9.17) is 28.9 Å². The first kappa shape index (κ1) is 41.8. The molecule has 16 heteroatoms. The number of aromatic nitrogens is 4. The molecule has 4 N–H and O–H groups in total. The molecule has 6 aliphatic rings. The van der Waals surface area contributed by atoms with Gasteiger partial charge in [-0.25, -0.2) is 19.6 Å². The van der Waals surface area contributed by atoms with Gasteiger partial charge in [0, 0.05) is 49.6 Å². The quantitative estimate of drug-likeness (QED) is 0.148. The molecule has 2 aromatic carbocycles. The first-order chi connectivity index (χ1) is 31.3. The topological polar surface area (TPSA) is 193 Å². The van der Waals surface area contributed by atoms with Crippen molar-refractivity contribution in [2.75, 3.05) is 40.6 Å². The number of hydrogen-bond donors (Lipinski definition) is 4. The van der Waals surface area contributed by atoms with Crippen LogP contribution < -0.4 is 10.6 Å². The first-order valence-electron chi connectivity index (χ1n) is 22.6. The second kappa shape index (κ2) is 17.8. The van der Waals surface area contributed by atoms with Crippen molar-refractivity contribution in [1.82, 2.24) is 40.4 Å². The largest absolute Gasteiger partial charge is 0.453 e. The number of fused-ring (bicyclic) bond motifs is 2. The van der Waals surface area contributed by atoms with E-state index >= 15 is 0 Å². The van der Waals surface area contributed by atoms with Gasteiger partial charge in [-0.05, 0) is 110 Å². The molecule has 8 atom stereocenters. The van der Waals surface area contributed by atoms with Gasteiger partial charge in [-0.3, -0.25) is 9.59 Å². The average Bonchev–Trinajstić information content (AvgIpc) is 3.92. The van der Waals surface area contributed by atoms with E-state index < -0.39 is 24.3 Å². The number of carbonyl (C=O) groups is 4. The molecular formula is C48H54N8O8. The van der Waals surface area contributed by atoms with Gasteiger partial charge in [-0.15, -0.1) is 0 Å². The molecule has 10 rings (SSSR count). The summed E-state index contributed by atoms with van der Waals surface area (Å²) < 4.78 is 20.9. The Kier molecular flexibility index (Phi) is 11.6. The molecule has 0 unspecified atom stereocenters. The van der Waals surface area contributed by atoms with Crippen LogP contribution in [0, 0.1) is 35.5 Å². The summed E-state index contributed by atoms with van der Waals surface area (Å²) in [5.41, 5.74) is 5.36. The molecule has 4 aromatic rings. The normalized spacial score (nSPS) is 25.8. The lowest BCUT2D eigenvalue weighted by molar-refractivity contribution is -0.138. The van der Waals surface area contributed by atoms with Crippen molar-refractivity contribution in [3.63, 3.8) is 0 Å². The van der Waals surface area contributed by atoms with Crippen LogP contribution in [0.15, 0.2) is 60.9 Å². The highest BCUT2D eigenvalue weighted by Gasteiger charge is 2.58. The molecule has 334 valence electrons. The highest BCUT2D eigenvalue weighted by atomic mass is 16.5. The van der Waals surface area contributed by atoms with Crippen molar-refractivity contribution in [1.29, 1.82) is 0 Å². The number of alkyl carbamates (subject to hydrolysis) is 2. The zero-order valence-electron chi connectivity index (χ0n) is 36.1. The number of imidazole rings is 2. The summed E-state index contributed by atoms with van der Waals surface area (Å²) in [5, 5.41) is 5.69. The summed E-state index contributed by atoms with van der Waals surface area (Å²) in [7, 11) is 2.63. The summed E-state index contributed by atoms with van der Waals surface area (Å²) in [4.78, 5) is 73.4. The Labute approximate surface area is 371 Å². The van der Waals surface area contributed by atoms with Crippen molar-refractivity contribution in [3.05, 3.63) is 83.7 Å². The van der Waals surface area contributed by atoms with Gasteiger partial charge in [0.1, 0.15) is 23.7 Å². The van der Waals surface area contributed by atoms with E-state index in [1.54, 1.807) is 0 Å². The fourth-order valence-corrected chi connectivity index (χ4v) is 10.5. The number of methoxy groups -OCH3 is 2. The van der Waals surface area contributed by atoms with E-state index in [1.807, 2.05) is 70.7 Å². The number of carbonyl (C=O) groups excluding carboxylic acids is 4. The molecule has 6 fully saturated rings. The van der Waals surface area contributed by atoms with Crippen molar-refractivity contribution >= 4 is 24.0 Å². The molecule has 6 heterocycles. The van der Waals surface area contributed by atoms with Crippen molar-refractivity contribution < 1.29 is 38.1 Å². The highest BCUT2D eigenvalue weighted by molar-refractivity contribution is 5.88. The number of amides is 4. The zero-order chi connectivity index (χ0) is 43.9. The van der Waals surface area contributed by atoms with Gasteiger partial charge < -0.3 is 49.3 Å². The van der Waals surface area contributed by atoms with Gasteiger partial charge in [0.2, 0.25) is 11.8 Å². The van der Waals surface area contributed by atoms with E-state index in [9.17, 15) is 19.2 Å². The average molecular weight is 871 g/mol. The maximum absolute atomic E-state index is 14.2. The number of benzene rings is 2. The summed E-state index contributed by atoms with van der Waals surface area (Å²) >= 11 is 0. The van der Waals surface area contributed by atoms with Gasteiger partial charge in [0.25, 0.3) is 0 Å². The van der Waals surface area contributed by atoms with Crippen LogP contribution in [0.5, 0.6) is 0 Å². The van der Waals surface area contributed by atoms with Crippen molar-refractivity contribution in [3.8, 4) is 34.4 Å². The van der Waals surface area contributed by atoms with Crippen molar-refractivity contribution in [2.45, 2.75) is 87.6 Å². The molecule has 0 bridgehead atoms. The standard InChI is InChI=1S/C48H54N8O8/c1-61-47(59)53-41(31-13-17-63-18-14-31)45(57)55-37-21-33(37)23-39(55)43-49-25-35(51-43)29-9-5-27(6-10-29)3-4-28-7-11-30(12-8-28)36-26-50-44(52-36)40-24-34-22-38(34)56(40)46(58)42(54-48(60)62-2)32-15-19-64-20-16-32/h5-12,25-26,31-34,37-42H,13-24H2,1-2H3,(H,49,51)(H,50,52)(H,53,59)(H,54,60)/t33-,34-,37-,38-,39-,40-,41-,42-/m0/s1. The van der Waals surface area contributed by atoms with Crippen LogP contribution in [-0.2, 0) is 28.5 Å². The summed E-state index contributed by atoms with van der Waals surface area (Å²) in [6.45, 7) is 2.25. The molecule has 2 aromatic heterocycles. The predicted molar refractivity (Wildman–Crippen MR) is 232 cm³/mol. The number of H-pyrrole nitrogens is 2. The minimum Gasteiger partial charge on any atom is -0.453 e. The molecule has 16 nitrogen and oxygen atoms in total. The Bertz CT molecular complexity index is 2260. The predicted octanol–water partition coefficient (Wildman–Crippen LogP) is 5.49. The molecule has 64 heavy (non-hydrogen) atoms. The Balaban J connectivity index is 0.780. The van der Waals surface area contributed by atoms with Crippen LogP contribution in [0.4, 0.5) is 9.59 Å². The van der Waals surface area contributed by atoms with Crippen LogP contribution in [-0.4, -0.2) is 119 Å². The first-order valence-corrected chi connectivity index (χ1v) is 22.6. The summed E-state index contributed by atoms with van der Waals surface area (Å²) in [6.07, 6.45) is 8.82. The number of piperidine rings is 2. The maximum atomic E-state index is 14.2. The summed E-state index contributed by atoms with van der Waals surface area (Å²) in [5.74, 6) is 8.70. The molecule has 4 saturated heterocycles. The second-order valence-electron chi connectivity index (χ2n) is 18.0. The maximum Gasteiger partial charge on any atom is 0.407 e. The fraction of sp³-hybridized carbons (Fsp3) is 0.500. The van der Waals surface area contributed by atoms with E-state index in [2.05, 4.69) is 32.4 Å². The number of nitrogens with one attached hydrogen (secondary N) is 4. The van der Waals surface area contributed by atoms with Crippen LogP contribution in [0.2, 0.25) is 0 Å². The van der Waals surface area contributed by atoms with Gasteiger partial charge >= 0.3 is 12.2 Å². The zero-order valence-corrected chi connectivity index (χ0v) is 36.1. The Morgan fingerprint density at radius 1 is 0.625 bits per heavy atom. The molecule has 2 saturated carbocycles. The van der Waals surface area contributed by atoms with Gasteiger partial charge in [-0.1, -0.05) is 36.1 Å². The Hall–Kier alpha value is -6.18. The van der Waals surface area contributed by atoms with E-state index in [1.165, 1.54) is 14.2 Å². The molecule has 4 aliphatic heterocycles. The lowest BCUT2D eigenvalue weighted by Crippen LogP contribution is -2.54. The Morgan fingerprint density at radius 3 is 1.39 bits per heavy atom. The third-order valence-corrected chi connectivity index (χ3v) is 14.2. The number of nitrogens with zero attached hydrogens (tertiary/aromatic N) is 4. The molecule has 2 aliphatic carbocycles. The smallest absolute Gasteiger partial charge is 0.407 e. The number of hydrogen-bond acceptors (Lipinski definition) is 10. The monoisotopic (exact) mass is 870 g/mol. The third-order valence-electron chi connectivity index (χ3n) is 14.2. The van der Waals surface area contributed by atoms with Crippen molar-refractivity contribution in [2.24, 2.45) is 23.7 Å². The summed E-state index contributed by atoms with van der Waals surface area (Å²) in [6, 6.07) is 14.5. The number of ether oxygens (including phenoxy) is 4. The lowest BCUT2D eigenvalue weighted by atomic mass is 9.90. The number of aromatic amines is 2. The van der Waals surface area contributed by atoms with Crippen LogP contribution >= 0.6 is 0 Å². The second-order valence-corrected chi connectivity index (χ2v) is 18.0. The minimum atomic E-state index is -0.677. The Morgan fingerprint density at radius 2 is 1.02 bits per heavy atom. The highest BCUT2D eigenvalue weighted by Crippen LogP contribution is 2.55. The van der Waals surface area contributed by atoms with Crippen LogP contribution in [0.1, 0.15) is 86.2 Å². The van der Waals surface area contributed by atoms with E-state index in [0.717, 1.165) is 71.0 Å². The minimum absolute atomic E-state index is 0.0235. The van der Waals surface area contributed by atoms with Crippen LogP contribution in [0.25, 0.3) is 22.5 Å². The third kappa shape index (κ3) is 8.46. The molecule has 0 radical (unpaired) electrons. The van der Waals surface area contributed by atoms with Gasteiger partial charge in [-0.2, -0.15) is 0 Å². The van der Waals surface area contributed by atoms with E-state index in [0.29, 0.717) is 63.9 Å². The van der Waals surface area contributed by atoms with Gasteiger partial charge in [0.05, 0.1) is 50.1 Å². The molecule has 0 spiro atoms. The SMILES string of the molecule is COC(=O)N[C@H](C(=O)N1[C@H](c2ncc(-c3ccc(C#Cc4ccc(-c5cnc([C@@H]6C[C@@H]7C[C@@H]7N6C(=O)[C@@H](NC(=O)OC)C6CCOCC6)[nH]5)cc4)cc3)[nH]2)C[C@@H]2C[C@@H]21)C1CCOCC1. The molecular weight excluding hydrogens is 817 g/mol. The van der Waals surface area contributed by atoms with E-state index in [-0.39, 0.29) is 47.8 Å².